The van der Waals surface area contributed by atoms with Crippen molar-refractivity contribution in [2.45, 2.75) is 0 Å². The number of hydrogen-bond donors (Lipinski definition) is 0. The highest BCUT2D eigenvalue weighted by Gasteiger charge is 2.16. The van der Waals surface area contributed by atoms with E-state index in [9.17, 15) is 0 Å². The Morgan fingerprint density at radius 1 is 0.260 bits per heavy atom. The molecule has 0 aliphatic carbocycles. The summed E-state index contributed by atoms with van der Waals surface area (Å²) in [6, 6.07) is 61.8. The highest BCUT2D eigenvalue weighted by Crippen LogP contribution is 2.38. The van der Waals surface area contributed by atoms with Gasteiger partial charge in [-0.3, -0.25) is 0 Å². The summed E-state index contributed by atoms with van der Waals surface area (Å²) in [5.41, 5.74) is 4.75. The Balaban J connectivity index is 1.48. The Hall–Kier alpha value is -6.50. The van der Waals surface area contributed by atoms with Crippen molar-refractivity contribution in [1.82, 2.24) is 0 Å². The van der Waals surface area contributed by atoms with E-state index in [1.807, 2.05) is 0 Å². The maximum Gasteiger partial charge on any atom is -0.00203 e. The topological polar surface area (TPSA) is 0 Å². The van der Waals surface area contributed by atoms with Crippen LogP contribution in [0.5, 0.6) is 0 Å². The van der Waals surface area contributed by atoms with Gasteiger partial charge in [-0.1, -0.05) is 159 Å². The van der Waals surface area contributed by atoms with Crippen LogP contribution in [0, 0.1) is 10.4 Å². The molecule has 0 aliphatic heterocycles. The molecule has 0 spiro atoms. The number of fused-ring (bicyclic) bond motifs is 6. The Morgan fingerprint density at radius 2 is 0.500 bits per heavy atom. The van der Waals surface area contributed by atoms with E-state index in [4.69, 9.17) is 13.2 Å². The lowest BCUT2D eigenvalue weighted by molar-refractivity contribution is 1.48. The summed E-state index contributed by atoms with van der Waals surface area (Å²) < 4.78 is 0. The third-order valence-corrected chi connectivity index (χ3v) is 10.6. The van der Waals surface area contributed by atoms with Crippen LogP contribution in [-0.2, 0) is 0 Å². The molecule has 0 unspecified atom stereocenters. The third kappa shape index (κ3) is 4.19. The summed E-state index contributed by atoms with van der Waals surface area (Å²) in [6.45, 7) is 9.92. The van der Waals surface area contributed by atoms with E-state index >= 15 is 0 Å². The molecule has 50 heavy (non-hydrogen) atoms. The van der Waals surface area contributed by atoms with Gasteiger partial charge in [0.15, 0.2) is 0 Å². The van der Waals surface area contributed by atoms with Crippen LogP contribution in [-0.4, -0.2) is 0 Å². The van der Waals surface area contributed by atoms with Crippen LogP contribution < -0.4 is 10.4 Å². The first-order valence-electron chi connectivity index (χ1n) is 17.2. The van der Waals surface area contributed by atoms with Crippen molar-refractivity contribution in [3.8, 4) is 22.3 Å². The predicted molar refractivity (Wildman–Crippen MR) is 217 cm³/mol. The average Bonchev–Trinajstić information content (AvgIpc) is 3.16. The summed E-state index contributed by atoms with van der Waals surface area (Å²) in [5, 5.41) is 18.9. The van der Waals surface area contributed by atoms with Crippen molar-refractivity contribution in [2.75, 3.05) is 0 Å². The molecule has 10 rings (SSSR count). The minimum atomic E-state index is 1.01. The fraction of sp³-hybridized carbons (Fsp3) is 0. The van der Waals surface area contributed by atoms with Crippen molar-refractivity contribution in [1.29, 1.82) is 0 Å². The number of rotatable bonds is 2. The Morgan fingerprint density at radius 3 is 0.800 bits per heavy atom. The van der Waals surface area contributed by atoms with Gasteiger partial charge in [0.25, 0.3) is 0 Å². The molecule has 0 aromatic heterocycles. The number of benzene rings is 10. The maximum absolute atomic E-state index is 4.96. The van der Waals surface area contributed by atoms with Gasteiger partial charge in [0, 0.05) is 0 Å². The van der Waals surface area contributed by atoms with Crippen LogP contribution in [0.3, 0.4) is 0 Å². The standard InChI is InChI=1S/C50H32/c1-31-45(49-41-23-11-3-15-33(41)27-34-16-4-12-24-42(34)49)29-37-19-7-9-21-39(37)47(31)48-32(2)46(30-38-20-8-10-22-40(38)48)50-43-25-13-5-17-35(43)28-36-18-6-14-26-44(36)50/h3-30H,1-2H2. The van der Waals surface area contributed by atoms with Crippen LogP contribution in [0.4, 0.5) is 0 Å². The van der Waals surface area contributed by atoms with E-state index in [2.05, 4.69) is 170 Å². The average molecular weight is 633 g/mol. The lowest BCUT2D eigenvalue weighted by atomic mass is 9.87. The van der Waals surface area contributed by atoms with E-state index in [0.717, 1.165) is 32.0 Å². The predicted octanol–water partition coefficient (Wildman–Crippen LogP) is 12.0. The molecule has 0 bridgehead atoms. The van der Waals surface area contributed by atoms with Gasteiger partial charge in [-0.15, -0.1) is 0 Å². The molecule has 232 valence electrons. The molecule has 10 aromatic rings. The SMILES string of the molecule is C=c1c(-c2c3ccccc3cc3ccccc23)cc2ccccc2c1=c1c(=C)c(-c2c3ccccc3cc3ccccc23)cc2ccccc12. The molecule has 0 saturated heterocycles. The third-order valence-electron chi connectivity index (χ3n) is 10.6. The number of hydrogen-bond acceptors (Lipinski definition) is 0. The zero-order valence-corrected chi connectivity index (χ0v) is 27.6. The minimum Gasteiger partial charge on any atom is -0.0905 e. The summed E-state index contributed by atoms with van der Waals surface area (Å²) in [4.78, 5) is 0. The lowest BCUT2D eigenvalue weighted by Gasteiger charge is -2.16. The largest absolute Gasteiger partial charge is 0.0905 e. The fourth-order valence-corrected chi connectivity index (χ4v) is 8.41. The van der Waals surface area contributed by atoms with E-state index in [1.54, 1.807) is 0 Å². The molecular weight excluding hydrogens is 601 g/mol. The molecule has 0 fully saturated rings. The highest BCUT2D eigenvalue weighted by atomic mass is 14.2. The van der Waals surface area contributed by atoms with Crippen molar-refractivity contribution in [3.05, 3.63) is 191 Å². The van der Waals surface area contributed by atoms with E-state index in [1.165, 1.54) is 75.8 Å². The smallest absolute Gasteiger partial charge is 0.00203 e. The molecule has 10 aromatic carbocycles. The van der Waals surface area contributed by atoms with Gasteiger partial charge in [0.2, 0.25) is 0 Å². The Kier molecular flexibility index (Phi) is 6.28. The van der Waals surface area contributed by atoms with Crippen LogP contribution in [0.25, 0.3) is 100 Å². The maximum atomic E-state index is 4.96. The first-order valence-corrected chi connectivity index (χ1v) is 17.2. The minimum absolute atomic E-state index is 1.01. The molecule has 0 heterocycles. The molecule has 0 aliphatic rings. The second-order valence-corrected chi connectivity index (χ2v) is 13.4. The molecule has 0 N–H and O–H groups in total. The summed E-state index contributed by atoms with van der Waals surface area (Å²) >= 11 is 0. The molecule has 0 heteroatoms. The van der Waals surface area contributed by atoms with Crippen molar-refractivity contribution < 1.29 is 0 Å². The molecule has 0 nitrogen and oxygen atoms in total. The zero-order valence-electron chi connectivity index (χ0n) is 27.6. The van der Waals surface area contributed by atoms with Crippen LogP contribution in [0.1, 0.15) is 0 Å². The normalized spacial score (nSPS) is 12.5. The zero-order chi connectivity index (χ0) is 33.3. The van der Waals surface area contributed by atoms with Gasteiger partial charge in [-0.05, 0) is 132 Å². The van der Waals surface area contributed by atoms with E-state index in [0.29, 0.717) is 0 Å². The summed E-state index contributed by atoms with van der Waals surface area (Å²) in [6.07, 6.45) is 0. The van der Waals surface area contributed by atoms with E-state index < -0.39 is 0 Å². The van der Waals surface area contributed by atoms with Crippen molar-refractivity contribution in [2.24, 2.45) is 0 Å². The monoisotopic (exact) mass is 632 g/mol. The van der Waals surface area contributed by atoms with Crippen molar-refractivity contribution in [3.63, 3.8) is 0 Å². The second-order valence-electron chi connectivity index (χ2n) is 13.4. The van der Waals surface area contributed by atoms with Gasteiger partial charge in [-0.2, -0.15) is 0 Å². The van der Waals surface area contributed by atoms with Crippen LogP contribution in [0.15, 0.2) is 170 Å². The molecular formula is C50H32. The van der Waals surface area contributed by atoms with Crippen LogP contribution >= 0.6 is 0 Å². The van der Waals surface area contributed by atoms with Crippen LogP contribution in [0.2, 0.25) is 0 Å². The summed E-state index contributed by atoms with van der Waals surface area (Å²) in [7, 11) is 0. The lowest BCUT2D eigenvalue weighted by Crippen LogP contribution is -2.14. The molecule has 0 radical (unpaired) electrons. The van der Waals surface area contributed by atoms with Gasteiger partial charge in [-0.25, -0.2) is 0 Å². The highest BCUT2D eigenvalue weighted by molar-refractivity contribution is 6.15. The quantitative estimate of drug-likeness (QED) is 0.166. The second kappa shape index (κ2) is 11.0. The molecule has 0 atom stereocenters. The van der Waals surface area contributed by atoms with Gasteiger partial charge in [0.1, 0.15) is 0 Å². The van der Waals surface area contributed by atoms with Crippen molar-refractivity contribution >= 4 is 77.8 Å². The Bertz CT molecular complexity index is 2910. The molecule has 0 amide bonds. The van der Waals surface area contributed by atoms with Gasteiger partial charge in [0.05, 0.1) is 0 Å². The first kappa shape index (κ1) is 28.5. The molecule has 0 saturated carbocycles. The van der Waals surface area contributed by atoms with E-state index in [-0.39, 0.29) is 0 Å². The Labute approximate surface area is 289 Å². The summed E-state index contributed by atoms with van der Waals surface area (Å²) in [5.74, 6) is 0. The fourth-order valence-electron chi connectivity index (χ4n) is 8.41. The first-order chi connectivity index (χ1) is 24.7. The van der Waals surface area contributed by atoms with Gasteiger partial charge < -0.3 is 0 Å². The van der Waals surface area contributed by atoms with Gasteiger partial charge >= 0.3 is 0 Å².